The van der Waals surface area contributed by atoms with Gasteiger partial charge in [-0.15, -0.1) is 11.8 Å². The molecule has 2 aromatic rings. The molecule has 0 saturated heterocycles. The van der Waals surface area contributed by atoms with E-state index in [0.717, 1.165) is 42.1 Å². The van der Waals surface area contributed by atoms with Crippen molar-refractivity contribution in [2.45, 2.75) is 24.7 Å². The van der Waals surface area contributed by atoms with Crippen LogP contribution in [0.5, 0.6) is 0 Å². The number of benzene rings is 2. The standard InChI is InChI=1S/C19H22N2OS/c1-14(13-23-15-7-3-2-4-8-15)19(22)21-12-6-9-16-17(20)10-5-11-18(16)21/h2-5,7-8,10-11,14H,6,9,12-13,20H2,1H3. The predicted octanol–water partition coefficient (Wildman–Crippen LogP) is 3.98. The van der Waals surface area contributed by atoms with Crippen LogP contribution in [0.25, 0.3) is 0 Å². The van der Waals surface area contributed by atoms with E-state index < -0.39 is 0 Å². The van der Waals surface area contributed by atoms with E-state index in [1.165, 1.54) is 4.90 Å². The SMILES string of the molecule is CC(CSc1ccccc1)C(=O)N1CCCc2c(N)cccc21. The number of nitrogen functional groups attached to an aromatic ring is 1. The molecule has 3 rings (SSSR count). The molecule has 1 amide bonds. The van der Waals surface area contributed by atoms with E-state index in [1.54, 1.807) is 11.8 Å². The lowest BCUT2D eigenvalue weighted by atomic mass is 9.98. The first-order chi connectivity index (χ1) is 11.2. The molecule has 2 aromatic carbocycles. The summed E-state index contributed by atoms with van der Waals surface area (Å²) in [6, 6.07) is 16.1. The molecule has 1 aliphatic heterocycles. The summed E-state index contributed by atoms with van der Waals surface area (Å²) in [6.07, 6.45) is 1.93. The van der Waals surface area contributed by atoms with Crippen LogP contribution in [0, 0.1) is 5.92 Å². The maximum Gasteiger partial charge on any atom is 0.230 e. The zero-order valence-corrected chi connectivity index (χ0v) is 14.2. The van der Waals surface area contributed by atoms with E-state index >= 15 is 0 Å². The van der Waals surface area contributed by atoms with E-state index in [9.17, 15) is 4.79 Å². The average Bonchev–Trinajstić information content (AvgIpc) is 2.60. The van der Waals surface area contributed by atoms with Crippen LogP contribution in [0.3, 0.4) is 0 Å². The van der Waals surface area contributed by atoms with Crippen molar-refractivity contribution in [3.05, 3.63) is 54.1 Å². The van der Waals surface area contributed by atoms with E-state index in [0.29, 0.717) is 0 Å². The van der Waals surface area contributed by atoms with E-state index in [1.807, 2.05) is 48.2 Å². The zero-order chi connectivity index (χ0) is 16.2. The lowest BCUT2D eigenvalue weighted by molar-refractivity contribution is -0.121. The summed E-state index contributed by atoms with van der Waals surface area (Å²) in [6.45, 7) is 2.80. The number of thioether (sulfide) groups is 1. The van der Waals surface area contributed by atoms with Crippen molar-refractivity contribution in [2.75, 3.05) is 22.9 Å². The molecule has 4 heteroatoms. The summed E-state index contributed by atoms with van der Waals surface area (Å²) >= 11 is 1.73. The van der Waals surface area contributed by atoms with Gasteiger partial charge in [0.1, 0.15) is 0 Å². The second-order valence-electron chi connectivity index (χ2n) is 5.96. The fourth-order valence-electron chi connectivity index (χ4n) is 2.96. The summed E-state index contributed by atoms with van der Waals surface area (Å²) in [5, 5.41) is 0. The van der Waals surface area contributed by atoms with Crippen LogP contribution in [-0.2, 0) is 11.2 Å². The summed E-state index contributed by atoms with van der Waals surface area (Å²) in [5.74, 6) is 0.962. The van der Waals surface area contributed by atoms with Gasteiger partial charge in [0.25, 0.3) is 0 Å². The number of rotatable bonds is 4. The number of carbonyl (C=O) groups excluding carboxylic acids is 1. The van der Waals surface area contributed by atoms with Crippen LogP contribution < -0.4 is 10.6 Å². The number of fused-ring (bicyclic) bond motifs is 1. The molecule has 2 N–H and O–H groups in total. The van der Waals surface area contributed by atoms with Crippen molar-refractivity contribution in [1.29, 1.82) is 0 Å². The molecule has 0 aliphatic carbocycles. The van der Waals surface area contributed by atoms with E-state index in [2.05, 4.69) is 12.1 Å². The Hall–Kier alpha value is -1.94. The lowest BCUT2D eigenvalue weighted by Crippen LogP contribution is -2.39. The normalized spacial score (nSPS) is 15.1. The highest BCUT2D eigenvalue weighted by Gasteiger charge is 2.27. The molecule has 120 valence electrons. The Kier molecular flexibility index (Phi) is 4.91. The first-order valence-corrected chi connectivity index (χ1v) is 9.02. The first-order valence-electron chi connectivity index (χ1n) is 8.03. The minimum atomic E-state index is -0.0208. The third-order valence-electron chi connectivity index (χ3n) is 4.22. The molecule has 0 spiro atoms. The molecule has 1 atom stereocenters. The number of hydrogen-bond donors (Lipinski definition) is 1. The minimum absolute atomic E-state index is 0.0208. The largest absolute Gasteiger partial charge is 0.398 e. The third kappa shape index (κ3) is 3.53. The maximum atomic E-state index is 12.9. The third-order valence-corrected chi connectivity index (χ3v) is 5.49. The Morgan fingerprint density at radius 2 is 2.00 bits per heavy atom. The van der Waals surface area contributed by atoms with Crippen LogP contribution in [0.2, 0.25) is 0 Å². The molecule has 0 aromatic heterocycles. The van der Waals surface area contributed by atoms with E-state index in [4.69, 9.17) is 5.73 Å². The summed E-state index contributed by atoms with van der Waals surface area (Å²) < 4.78 is 0. The Balaban J connectivity index is 1.70. The van der Waals surface area contributed by atoms with Crippen molar-refractivity contribution < 1.29 is 4.79 Å². The van der Waals surface area contributed by atoms with Crippen LogP contribution in [0.1, 0.15) is 18.9 Å². The fourth-order valence-corrected chi connectivity index (χ4v) is 3.89. The van der Waals surface area contributed by atoms with Gasteiger partial charge in [-0.2, -0.15) is 0 Å². The molecule has 1 unspecified atom stereocenters. The Morgan fingerprint density at radius 3 is 2.78 bits per heavy atom. The molecule has 0 bridgehead atoms. The summed E-state index contributed by atoms with van der Waals surface area (Å²) in [4.78, 5) is 16.0. The van der Waals surface area contributed by atoms with Gasteiger partial charge in [0, 0.05) is 34.5 Å². The fraction of sp³-hybridized carbons (Fsp3) is 0.316. The van der Waals surface area contributed by atoms with Gasteiger partial charge in [0.2, 0.25) is 5.91 Å². The van der Waals surface area contributed by atoms with Crippen molar-refractivity contribution in [1.82, 2.24) is 0 Å². The lowest BCUT2D eigenvalue weighted by Gasteiger charge is -2.32. The summed E-state index contributed by atoms with van der Waals surface area (Å²) in [7, 11) is 0. The van der Waals surface area contributed by atoms with Gasteiger partial charge in [0.05, 0.1) is 0 Å². The summed E-state index contributed by atoms with van der Waals surface area (Å²) in [5.41, 5.74) is 8.99. The Bertz CT molecular complexity index is 687. The van der Waals surface area contributed by atoms with Crippen molar-refractivity contribution in [3.8, 4) is 0 Å². The molecular formula is C19H22N2OS. The molecule has 1 heterocycles. The molecule has 23 heavy (non-hydrogen) atoms. The highest BCUT2D eigenvalue weighted by molar-refractivity contribution is 7.99. The van der Waals surface area contributed by atoms with Gasteiger partial charge in [-0.1, -0.05) is 31.2 Å². The van der Waals surface area contributed by atoms with Gasteiger partial charge < -0.3 is 10.6 Å². The minimum Gasteiger partial charge on any atom is -0.398 e. The maximum absolute atomic E-state index is 12.9. The predicted molar refractivity (Wildman–Crippen MR) is 97.9 cm³/mol. The van der Waals surface area contributed by atoms with Crippen LogP contribution in [0.15, 0.2) is 53.4 Å². The van der Waals surface area contributed by atoms with Crippen LogP contribution >= 0.6 is 11.8 Å². The van der Waals surface area contributed by atoms with Gasteiger partial charge in [-0.3, -0.25) is 4.79 Å². The number of hydrogen-bond acceptors (Lipinski definition) is 3. The molecule has 1 aliphatic rings. The van der Waals surface area contributed by atoms with Crippen LogP contribution in [0.4, 0.5) is 11.4 Å². The molecular weight excluding hydrogens is 304 g/mol. The molecule has 0 saturated carbocycles. The van der Waals surface area contributed by atoms with Gasteiger partial charge in [-0.05, 0) is 42.7 Å². The molecule has 0 radical (unpaired) electrons. The van der Waals surface area contributed by atoms with Crippen molar-refractivity contribution in [3.63, 3.8) is 0 Å². The van der Waals surface area contributed by atoms with Gasteiger partial charge in [-0.25, -0.2) is 0 Å². The second-order valence-corrected chi connectivity index (χ2v) is 7.06. The van der Waals surface area contributed by atoms with Crippen molar-refractivity contribution in [2.24, 2.45) is 5.92 Å². The monoisotopic (exact) mass is 326 g/mol. The average molecular weight is 326 g/mol. The number of nitrogens with zero attached hydrogens (tertiary/aromatic N) is 1. The smallest absolute Gasteiger partial charge is 0.230 e. The molecule has 0 fully saturated rings. The van der Waals surface area contributed by atoms with Gasteiger partial charge >= 0.3 is 0 Å². The van der Waals surface area contributed by atoms with Crippen LogP contribution in [-0.4, -0.2) is 18.2 Å². The first kappa shape index (κ1) is 15.9. The highest BCUT2D eigenvalue weighted by atomic mass is 32.2. The number of nitrogens with two attached hydrogens (primary N) is 1. The van der Waals surface area contributed by atoms with E-state index in [-0.39, 0.29) is 11.8 Å². The number of amides is 1. The van der Waals surface area contributed by atoms with Gasteiger partial charge in [0.15, 0.2) is 0 Å². The second kappa shape index (κ2) is 7.09. The quantitative estimate of drug-likeness (QED) is 0.683. The highest BCUT2D eigenvalue weighted by Crippen LogP contribution is 2.32. The number of carbonyl (C=O) groups is 1. The molecule has 3 nitrogen and oxygen atoms in total. The Morgan fingerprint density at radius 1 is 1.22 bits per heavy atom. The number of anilines is 2. The topological polar surface area (TPSA) is 46.3 Å². The zero-order valence-electron chi connectivity index (χ0n) is 13.4. The van der Waals surface area contributed by atoms with Crippen molar-refractivity contribution >= 4 is 29.0 Å². The Labute approximate surface area is 141 Å².